The van der Waals surface area contributed by atoms with Gasteiger partial charge in [0.1, 0.15) is 0 Å². The number of anilines is 1. The zero-order valence-electron chi connectivity index (χ0n) is 6.90. The molecule has 0 aliphatic rings. The molecule has 0 amide bonds. The van der Waals surface area contributed by atoms with Gasteiger partial charge in [-0.15, -0.1) is 12.1 Å². The predicted octanol–water partition coefficient (Wildman–Crippen LogP) is 2.19. The van der Waals surface area contributed by atoms with E-state index >= 15 is 0 Å². The van der Waals surface area contributed by atoms with Crippen LogP contribution in [-0.4, -0.2) is 4.98 Å². The summed E-state index contributed by atoms with van der Waals surface area (Å²) in [6.45, 7) is 0. The summed E-state index contributed by atoms with van der Waals surface area (Å²) in [5.74, 6) is 0. The van der Waals surface area contributed by atoms with Crippen LogP contribution in [0.3, 0.4) is 0 Å². The minimum Gasteiger partial charge on any atom is -0.426 e. The molecule has 13 heavy (non-hydrogen) atoms. The summed E-state index contributed by atoms with van der Waals surface area (Å²) < 4.78 is 0. The number of nitrogens with two attached hydrogens (primary N) is 1. The first-order valence-corrected chi connectivity index (χ1v) is 4.37. The number of rotatable bonds is 1. The van der Waals surface area contributed by atoms with Crippen molar-refractivity contribution in [2.75, 3.05) is 5.73 Å². The van der Waals surface area contributed by atoms with E-state index in [0.29, 0.717) is 5.13 Å². The number of nitrogens with zero attached hydrogens (tertiary/aromatic N) is 1. The van der Waals surface area contributed by atoms with Crippen LogP contribution in [0, 0.1) is 5.38 Å². The molecular weight excluding hydrogens is 257 g/mol. The fourth-order valence-electron chi connectivity index (χ4n) is 0.976. The molecule has 1 aromatic heterocycles. The average Bonchev–Trinajstić information content (AvgIpc) is 2.54. The molecule has 0 aliphatic heterocycles. The molecule has 0 bridgehead atoms. The minimum atomic E-state index is 0. The Balaban J connectivity index is 0.000000845. The van der Waals surface area contributed by atoms with E-state index in [-0.39, 0.29) is 32.7 Å². The van der Waals surface area contributed by atoms with Crippen LogP contribution >= 0.6 is 11.3 Å². The second-order valence-electron chi connectivity index (χ2n) is 2.37. The quantitative estimate of drug-likeness (QED) is 0.802. The van der Waals surface area contributed by atoms with Gasteiger partial charge in [0.15, 0.2) is 0 Å². The molecule has 1 aromatic carbocycles. The monoisotopic (exact) mass is 264 g/mol. The van der Waals surface area contributed by atoms with Crippen molar-refractivity contribution in [3.05, 3.63) is 35.7 Å². The number of aromatic nitrogens is 1. The molecule has 2 N–H and O–H groups in total. The second-order valence-corrected chi connectivity index (χ2v) is 3.20. The van der Waals surface area contributed by atoms with Crippen molar-refractivity contribution in [2.24, 2.45) is 0 Å². The largest absolute Gasteiger partial charge is 0.426 e. The van der Waals surface area contributed by atoms with Gasteiger partial charge in [-0.3, -0.25) is 0 Å². The Morgan fingerprint density at radius 2 is 1.92 bits per heavy atom. The summed E-state index contributed by atoms with van der Waals surface area (Å²) >= 11 is 1.34. The normalized spacial score (nSPS) is 9.23. The maximum absolute atomic E-state index is 5.49. The summed E-state index contributed by atoms with van der Waals surface area (Å²) in [6, 6.07) is 9.90. The summed E-state index contributed by atoms with van der Waals surface area (Å²) in [5, 5.41) is 3.59. The summed E-state index contributed by atoms with van der Waals surface area (Å²) in [7, 11) is 0. The fraction of sp³-hybridized carbons (Fsp3) is 0. The van der Waals surface area contributed by atoms with Crippen molar-refractivity contribution in [1.82, 2.24) is 4.98 Å². The van der Waals surface area contributed by atoms with Crippen molar-refractivity contribution in [2.45, 2.75) is 0 Å². The van der Waals surface area contributed by atoms with Crippen molar-refractivity contribution >= 4 is 16.5 Å². The number of benzene rings is 1. The third-order valence-corrected chi connectivity index (χ3v) is 2.12. The van der Waals surface area contributed by atoms with Crippen LogP contribution in [-0.2, 0) is 32.7 Å². The van der Waals surface area contributed by atoms with Crippen LogP contribution in [0.25, 0.3) is 11.3 Å². The van der Waals surface area contributed by atoms with Gasteiger partial charge < -0.3 is 10.7 Å². The van der Waals surface area contributed by atoms with Gasteiger partial charge in [-0.1, -0.05) is 29.1 Å². The van der Waals surface area contributed by atoms with Gasteiger partial charge in [-0.05, 0) is 5.69 Å². The third kappa shape index (κ3) is 2.60. The van der Waals surface area contributed by atoms with Crippen molar-refractivity contribution in [1.29, 1.82) is 0 Å². The first-order chi connectivity index (χ1) is 5.86. The van der Waals surface area contributed by atoms with Crippen molar-refractivity contribution in [3.63, 3.8) is 0 Å². The standard InChI is InChI=1S/C9H7N2S.Y/c10-9-11-8(6-12-9)7-4-2-1-3-5-7;/h1-5H,(H2,10,11);/q-1;. The van der Waals surface area contributed by atoms with E-state index in [4.69, 9.17) is 5.73 Å². The molecular formula is C9H7N2SY-. The van der Waals surface area contributed by atoms with Crippen LogP contribution in [0.4, 0.5) is 5.13 Å². The smallest absolute Gasteiger partial charge is 0.0763 e. The summed E-state index contributed by atoms with van der Waals surface area (Å²) in [6.07, 6.45) is 0. The van der Waals surface area contributed by atoms with Gasteiger partial charge in [-0.2, -0.15) is 0 Å². The molecule has 0 unspecified atom stereocenters. The van der Waals surface area contributed by atoms with E-state index < -0.39 is 0 Å². The number of hydrogen-bond acceptors (Lipinski definition) is 3. The molecule has 4 heteroatoms. The van der Waals surface area contributed by atoms with Gasteiger partial charge >= 0.3 is 0 Å². The molecule has 63 valence electrons. The zero-order valence-corrected chi connectivity index (χ0v) is 10.6. The number of hydrogen-bond donors (Lipinski definition) is 1. The molecule has 2 rings (SSSR count). The van der Waals surface area contributed by atoms with Crippen LogP contribution in [0.2, 0.25) is 0 Å². The third-order valence-electron chi connectivity index (χ3n) is 1.52. The molecule has 0 saturated carbocycles. The van der Waals surface area contributed by atoms with Gasteiger partial charge in [0, 0.05) is 32.7 Å². The van der Waals surface area contributed by atoms with E-state index in [2.05, 4.69) is 10.4 Å². The summed E-state index contributed by atoms with van der Waals surface area (Å²) in [4.78, 5) is 4.12. The minimum absolute atomic E-state index is 0. The molecule has 2 nitrogen and oxygen atoms in total. The molecule has 0 fully saturated rings. The molecule has 2 aromatic rings. The molecule has 1 radical (unpaired) electrons. The first-order valence-electron chi connectivity index (χ1n) is 3.55. The van der Waals surface area contributed by atoms with Gasteiger partial charge in [0.05, 0.1) is 5.13 Å². The van der Waals surface area contributed by atoms with Gasteiger partial charge in [0.2, 0.25) is 0 Å². The van der Waals surface area contributed by atoms with E-state index in [1.807, 2.05) is 30.3 Å². The molecule has 0 spiro atoms. The number of nitrogen functional groups attached to an aromatic ring is 1. The van der Waals surface area contributed by atoms with E-state index in [1.54, 1.807) is 0 Å². The van der Waals surface area contributed by atoms with Crippen LogP contribution < -0.4 is 5.73 Å². The molecule has 0 saturated heterocycles. The van der Waals surface area contributed by atoms with E-state index in [9.17, 15) is 0 Å². The van der Waals surface area contributed by atoms with E-state index in [1.165, 1.54) is 11.3 Å². The van der Waals surface area contributed by atoms with Crippen LogP contribution in [0.5, 0.6) is 0 Å². The predicted molar refractivity (Wildman–Crippen MR) is 50.8 cm³/mol. The Morgan fingerprint density at radius 3 is 2.46 bits per heavy atom. The average molecular weight is 264 g/mol. The Kier molecular flexibility index (Phi) is 4.04. The zero-order chi connectivity index (χ0) is 8.39. The Hall–Kier alpha value is -0.246. The Labute approximate surface area is 106 Å². The van der Waals surface area contributed by atoms with Crippen molar-refractivity contribution in [3.8, 4) is 11.3 Å². The van der Waals surface area contributed by atoms with E-state index in [0.717, 1.165) is 11.3 Å². The van der Waals surface area contributed by atoms with Gasteiger partial charge in [0.25, 0.3) is 0 Å². The van der Waals surface area contributed by atoms with Gasteiger partial charge in [-0.25, -0.2) is 11.3 Å². The summed E-state index contributed by atoms with van der Waals surface area (Å²) in [5.41, 5.74) is 7.38. The molecule has 1 heterocycles. The number of thiazole rings is 1. The van der Waals surface area contributed by atoms with Crippen LogP contribution in [0.1, 0.15) is 0 Å². The first kappa shape index (κ1) is 10.8. The van der Waals surface area contributed by atoms with Crippen molar-refractivity contribution < 1.29 is 32.7 Å². The second kappa shape index (κ2) is 4.84. The Bertz CT molecular complexity index is 372. The maximum atomic E-state index is 5.49. The van der Waals surface area contributed by atoms with Crippen LogP contribution in [0.15, 0.2) is 30.3 Å². The Morgan fingerprint density at radius 1 is 1.23 bits per heavy atom. The topological polar surface area (TPSA) is 38.9 Å². The SMILES string of the molecule is Nc1nc(-c2ccccc2)[c-]s1.[Y]. The molecule has 0 atom stereocenters. The fourth-order valence-corrected chi connectivity index (χ4v) is 1.48. The molecule has 0 aliphatic carbocycles. The maximum Gasteiger partial charge on any atom is 0.0763 e.